The fourth-order valence-electron chi connectivity index (χ4n) is 2.11. The van der Waals surface area contributed by atoms with Gasteiger partial charge in [-0.25, -0.2) is 0 Å². The maximum absolute atomic E-state index is 12.0. The van der Waals surface area contributed by atoms with Gasteiger partial charge in [-0.2, -0.15) is 5.26 Å². The molecule has 2 aromatic rings. The van der Waals surface area contributed by atoms with E-state index in [1.165, 1.54) is 0 Å². The predicted molar refractivity (Wildman–Crippen MR) is 91.9 cm³/mol. The Bertz CT molecular complexity index is 784. The van der Waals surface area contributed by atoms with Crippen LogP contribution in [0.3, 0.4) is 0 Å². The molecule has 122 valence electrons. The van der Waals surface area contributed by atoms with Crippen LogP contribution in [0.1, 0.15) is 26.3 Å². The molecule has 0 spiro atoms. The van der Waals surface area contributed by atoms with Crippen LogP contribution in [0.4, 0.5) is 0 Å². The lowest BCUT2D eigenvalue weighted by atomic mass is 10.1. The zero-order valence-electron chi connectivity index (χ0n) is 12.9. The van der Waals surface area contributed by atoms with Crippen molar-refractivity contribution in [1.29, 1.82) is 5.26 Å². The molecule has 0 aromatic heterocycles. The monoisotopic (exact) mass is 341 g/mol. The molecule has 0 unspecified atom stereocenters. The van der Waals surface area contributed by atoms with E-state index in [-0.39, 0.29) is 31.3 Å². The molecular weight excluding hydrogens is 326 g/mol. The van der Waals surface area contributed by atoms with Gasteiger partial charge in [0, 0.05) is 18.7 Å². The van der Waals surface area contributed by atoms with Crippen molar-refractivity contribution in [3.8, 4) is 6.07 Å². The van der Waals surface area contributed by atoms with Crippen LogP contribution in [0.2, 0.25) is 5.02 Å². The number of nitrogens with zero attached hydrogens (tertiary/aromatic N) is 1. The summed E-state index contributed by atoms with van der Waals surface area (Å²) in [5.41, 5.74) is 1.67. The Morgan fingerprint density at radius 1 is 1.00 bits per heavy atom. The van der Waals surface area contributed by atoms with Gasteiger partial charge in [-0.15, -0.1) is 0 Å². The molecule has 0 radical (unpaired) electrons. The van der Waals surface area contributed by atoms with Crippen LogP contribution >= 0.6 is 11.6 Å². The molecule has 2 amide bonds. The number of nitrogens with one attached hydrogen (secondary N) is 2. The third kappa shape index (κ3) is 4.83. The van der Waals surface area contributed by atoms with Gasteiger partial charge in [-0.3, -0.25) is 9.59 Å². The van der Waals surface area contributed by atoms with Gasteiger partial charge in [0.1, 0.15) is 0 Å². The predicted octanol–water partition coefficient (Wildman–Crippen LogP) is 2.57. The Hall–Kier alpha value is -2.84. The summed E-state index contributed by atoms with van der Waals surface area (Å²) in [7, 11) is 0. The number of carbonyl (C=O) groups is 2. The number of benzene rings is 2. The molecule has 2 rings (SSSR count). The number of rotatable bonds is 6. The van der Waals surface area contributed by atoms with Gasteiger partial charge in [0.2, 0.25) is 0 Å². The average Bonchev–Trinajstić information content (AvgIpc) is 2.59. The number of hydrogen-bond acceptors (Lipinski definition) is 3. The van der Waals surface area contributed by atoms with Crippen molar-refractivity contribution in [2.24, 2.45) is 0 Å². The van der Waals surface area contributed by atoms with Crippen LogP contribution in [-0.2, 0) is 6.42 Å². The molecular formula is C18H16ClN3O2. The molecule has 0 atom stereocenters. The second kappa shape index (κ2) is 8.70. The largest absolute Gasteiger partial charge is 0.350 e. The molecule has 2 aromatic carbocycles. The van der Waals surface area contributed by atoms with Gasteiger partial charge >= 0.3 is 0 Å². The maximum Gasteiger partial charge on any atom is 0.252 e. The van der Waals surface area contributed by atoms with Gasteiger partial charge in [-0.1, -0.05) is 35.9 Å². The minimum Gasteiger partial charge on any atom is -0.350 e. The van der Waals surface area contributed by atoms with Gasteiger partial charge in [0.25, 0.3) is 11.8 Å². The summed E-state index contributed by atoms with van der Waals surface area (Å²) in [6.07, 6.45) is 0.259. The molecule has 0 heterocycles. The van der Waals surface area contributed by atoms with E-state index in [1.807, 2.05) is 6.07 Å². The lowest BCUT2D eigenvalue weighted by Crippen LogP contribution is -2.34. The number of hydrogen-bond donors (Lipinski definition) is 2. The second-order valence-electron chi connectivity index (χ2n) is 5.03. The average molecular weight is 342 g/mol. The Labute approximate surface area is 145 Å². The molecule has 0 bridgehead atoms. The Morgan fingerprint density at radius 2 is 1.71 bits per heavy atom. The van der Waals surface area contributed by atoms with Crippen LogP contribution < -0.4 is 10.6 Å². The standard InChI is InChI=1S/C18H16ClN3O2/c19-16-7-2-1-6-15(16)18(24)22-11-10-21-17(23)14-5-3-4-13(12-14)8-9-20/h1-7,12H,8,10-11H2,(H,21,23)(H,22,24). The maximum atomic E-state index is 12.0. The normalized spacial score (nSPS) is 9.83. The molecule has 0 saturated heterocycles. The summed E-state index contributed by atoms with van der Waals surface area (Å²) in [5.74, 6) is -0.535. The van der Waals surface area contributed by atoms with Crippen molar-refractivity contribution in [3.63, 3.8) is 0 Å². The first kappa shape index (κ1) is 17.5. The fraction of sp³-hybridized carbons (Fsp3) is 0.167. The summed E-state index contributed by atoms with van der Waals surface area (Å²) >= 11 is 5.95. The number of amides is 2. The quantitative estimate of drug-likeness (QED) is 0.792. The SMILES string of the molecule is N#CCc1cccc(C(=O)NCCNC(=O)c2ccccc2Cl)c1. The van der Waals surface area contributed by atoms with Gasteiger partial charge in [-0.05, 0) is 29.8 Å². The van der Waals surface area contributed by atoms with Crippen molar-refractivity contribution in [3.05, 3.63) is 70.2 Å². The molecule has 2 N–H and O–H groups in total. The third-order valence-corrected chi connectivity index (χ3v) is 3.62. The van der Waals surface area contributed by atoms with E-state index in [4.69, 9.17) is 16.9 Å². The lowest BCUT2D eigenvalue weighted by molar-refractivity contribution is 0.0927. The lowest BCUT2D eigenvalue weighted by Gasteiger charge is -2.08. The van der Waals surface area contributed by atoms with Crippen LogP contribution in [0.5, 0.6) is 0 Å². The second-order valence-corrected chi connectivity index (χ2v) is 5.43. The zero-order chi connectivity index (χ0) is 17.4. The molecule has 0 aliphatic rings. The fourth-order valence-corrected chi connectivity index (χ4v) is 2.33. The van der Waals surface area contributed by atoms with Crippen molar-refractivity contribution >= 4 is 23.4 Å². The van der Waals surface area contributed by atoms with E-state index < -0.39 is 0 Å². The summed E-state index contributed by atoms with van der Waals surface area (Å²) in [5, 5.41) is 14.5. The van der Waals surface area contributed by atoms with Crippen molar-refractivity contribution in [2.45, 2.75) is 6.42 Å². The molecule has 0 saturated carbocycles. The summed E-state index contributed by atoms with van der Waals surface area (Å²) in [4.78, 5) is 24.0. The molecule has 5 nitrogen and oxygen atoms in total. The van der Waals surface area contributed by atoms with Crippen LogP contribution in [-0.4, -0.2) is 24.9 Å². The first-order valence-corrected chi connectivity index (χ1v) is 7.76. The van der Waals surface area contributed by atoms with Crippen LogP contribution in [0.25, 0.3) is 0 Å². The third-order valence-electron chi connectivity index (χ3n) is 3.29. The van der Waals surface area contributed by atoms with E-state index in [0.29, 0.717) is 16.1 Å². The number of halogens is 1. The first-order valence-electron chi connectivity index (χ1n) is 7.38. The van der Waals surface area contributed by atoms with E-state index in [0.717, 1.165) is 5.56 Å². The zero-order valence-corrected chi connectivity index (χ0v) is 13.6. The minimum absolute atomic E-state index is 0.248. The van der Waals surface area contributed by atoms with Crippen molar-refractivity contribution in [1.82, 2.24) is 10.6 Å². The minimum atomic E-state index is -0.286. The molecule has 24 heavy (non-hydrogen) atoms. The Balaban J connectivity index is 1.81. The molecule has 6 heteroatoms. The highest BCUT2D eigenvalue weighted by Gasteiger charge is 2.09. The van der Waals surface area contributed by atoms with Gasteiger partial charge < -0.3 is 10.6 Å². The highest BCUT2D eigenvalue weighted by atomic mass is 35.5. The van der Waals surface area contributed by atoms with Crippen LogP contribution in [0, 0.1) is 11.3 Å². The highest BCUT2D eigenvalue weighted by molar-refractivity contribution is 6.33. The van der Waals surface area contributed by atoms with E-state index in [9.17, 15) is 9.59 Å². The van der Waals surface area contributed by atoms with Crippen molar-refractivity contribution < 1.29 is 9.59 Å². The van der Waals surface area contributed by atoms with E-state index >= 15 is 0 Å². The van der Waals surface area contributed by atoms with Gasteiger partial charge in [0.05, 0.1) is 23.1 Å². The van der Waals surface area contributed by atoms with Crippen LogP contribution in [0.15, 0.2) is 48.5 Å². The van der Waals surface area contributed by atoms with Gasteiger partial charge in [0.15, 0.2) is 0 Å². The number of nitriles is 1. The Morgan fingerprint density at radius 3 is 2.42 bits per heavy atom. The Kier molecular flexibility index (Phi) is 6.35. The molecule has 0 fully saturated rings. The summed E-state index contributed by atoms with van der Waals surface area (Å²) in [6, 6.07) is 15.7. The summed E-state index contributed by atoms with van der Waals surface area (Å²) < 4.78 is 0. The summed E-state index contributed by atoms with van der Waals surface area (Å²) in [6.45, 7) is 0.575. The molecule has 0 aliphatic heterocycles. The smallest absolute Gasteiger partial charge is 0.252 e. The molecule has 0 aliphatic carbocycles. The highest BCUT2D eigenvalue weighted by Crippen LogP contribution is 2.14. The first-order chi connectivity index (χ1) is 11.6. The number of carbonyl (C=O) groups excluding carboxylic acids is 2. The topological polar surface area (TPSA) is 82.0 Å². The van der Waals surface area contributed by atoms with Crippen molar-refractivity contribution in [2.75, 3.05) is 13.1 Å². The van der Waals surface area contributed by atoms with E-state index in [2.05, 4.69) is 10.6 Å². The van der Waals surface area contributed by atoms with E-state index in [1.54, 1.807) is 48.5 Å².